The third-order valence-corrected chi connectivity index (χ3v) is 5.20. The van der Waals surface area contributed by atoms with Crippen LogP contribution in [0.25, 0.3) is 0 Å². The standard InChI is InChI=1S/C22H23FN6O/c23-19-13-25-22(27-17-5-2-1-3-6-17)28-20(19)26-18-7-4-10-29(14-18)21(30)16(12-24)11-15-8-9-15/h1-3,5-6,11,13,15,18H,4,7-10,14H2,(H2,25,26,27,28)/b16-11+. The van der Waals surface area contributed by atoms with Crippen LogP contribution in [-0.4, -0.2) is 39.9 Å². The molecule has 1 unspecified atom stereocenters. The van der Waals surface area contributed by atoms with E-state index in [1.807, 2.05) is 36.4 Å². The molecule has 1 aliphatic carbocycles. The first kappa shape index (κ1) is 19.8. The van der Waals surface area contributed by atoms with Gasteiger partial charge in [-0.2, -0.15) is 10.2 Å². The predicted molar refractivity (Wildman–Crippen MR) is 111 cm³/mol. The zero-order chi connectivity index (χ0) is 20.9. The van der Waals surface area contributed by atoms with Crippen molar-refractivity contribution in [3.8, 4) is 6.07 Å². The van der Waals surface area contributed by atoms with Gasteiger partial charge in [-0.1, -0.05) is 24.3 Å². The van der Waals surface area contributed by atoms with E-state index in [9.17, 15) is 14.4 Å². The van der Waals surface area contributed by atoms with Gasteiger partial charge < -0.3 is 15.5 Å². The molecule has 1 saturated heterocycles. The van der Waals surface area contributed by atoms with E-state index in [0.29, 0.717) is 19.0 Å². The summed E-state index contributed by atoms with van der Waals surface area (Å²) < 4.78 is 14.3. The Morgan fingerprint density at radius 3 is 2.80 bits per heavy atom. The number of para-hydroxylation sites is 1. The number of carbonyl (C=O) groups is 1. The van der Waals surface area contributed by atoms with E-state index < -0.39 is 5.82 Å². The second-order valence-electron chi connectivity index (χ2n) is 7.65. The quantitative estimate of drug-likeness (QED) is 0.562. The molecule has 30 heavy (non-hydrogen) atoms. The summed E-state index contributed by atoms with van der Waals surface area (Å²) in [7, 11) is 0. The summed E-state index contributed by atoms with van der Waals surface area (Å²) in [5, 5.41) is 15.5. The smallest absolute Gasteiger partial charge is 0.264 e. The molecule has 1 amide bonds. The highest BCUT2D eigenvalue weighted by atomic mass is 19.1. The molecule has 0 bridgehead atoms. The molecule has 2 aromatic rings. The second kappa shape index (κ2) is 8.91. The van der Waals surface area contributed by atoms with E-state index in [-0.39, 0.29) is 29.3 Å². The van der Waals surface area contributed by atoms with Gasteiger partial charge in [0, 0.05) is 24.8 Å². The first-order valence-corrected chi connectivity index (χ1v) is 10.1. The number of hydrogen-bond acceptors (Lipinski definition) is 6. The normalized spacial score (nSPS) is 19.1. The van der Waals surface area contributed by atoms with Crippen molar-refractivity contribution in [2.75, 3.05) is 23.7 Å². The Balaban J connectivity index is 1.43. The molecule has 1 aromatic heterocycles. The Bertz CT molecular complexity index is 983. The highest BCUT2D eigenvalue weighted by Crippen LogP contribution is 2.31. The number of likely N-dealkylation sites (tertiary alicyclic amines) is 1. The van der Waals surface area contributed by atoms with Gasteiger partial charge in [0.15, 0.2) is 11.6 Å². The highest BCUT2D eigenvalue weighted by Gasteiger charge is 2.28. The summed E-state index contributed by atoms with van der Waals surface area (Å²) in [6, 6.07) is 11.3. The Morgan fingerprint density at radius 1 is 1.27 bits per heavy atom. The summed E-state index contributed by atoms with van der Waals surface area (Å²) in [5.74, 6) is -0.0633. The van der Waals surface area contributed by atoms with Crippen LogP contribution in [-0.2, 0) is 4.79 Å². The summed E-state index contributed by atoms with van der Waals surface area (Å²) in [6.45, 7) is 0.987. The van der Waals surface area contributed by atoms with Crippen LogP contribution in [0, 0.1) is 23.1 Å². The fourth-order valence-electron chi connectivity index (χ4n) is 3.48. The summed E-state index contributed by atoms with van der Waals surface area (Å²) in [4.78, 5) is 22.6. The number of nitrogens with one attached hydrogen (secondary N) is 2. The molecule has 1 atom stereocenters. The van der Waals surface area contributed by atoms with Gasteiger partial charge in [0.1, 0.15) is 11.6 Å². The first-order chi connectivity index (χ1) is 14.6. The Hall–Kier alpha value is -3.47. The van der Waals surface area contributed by atoms with Crippen molar-refractivity contribution in [1.82, 2.24) is 14.9 Å². The van der Waals surface area contributed by atoms with Gasteiger partial charge in [0.25, 0.3) is 5.91 Å². The van der Waals surface area contributed by atoms with Crippen molar-refractivity contribution < 1.29 is 9.18 Å². The van der Waals surface area contributed by atoms with Crippen molar-refractivity contribution in [2.45, 2.75) is 31.7 Å². The van der Waals surface area contributed by atoms with Crippen molar-refractivity contribution in [3.05, 3.63) is 54.0 Å². The predicted octanol–water partition coefficient (Wildman–Crippen LogP) is 3.62. The van der Waals surface area contributed by atoms with Crippen molar-refractivity contribution in [2.24, 2.45) is 5.92 Å². The number of rotatable bonds is 6. The number of aromatic nitrogens is 2. The van der Waals surface area contributed by atoms with Crippen LogP contribution in [0.5, 0.6) is 0 Å². The number of amides is 1. The van der Waals surface area contributed by atoms with Crippen LogP contribution < -0.4 is 10.6 Å². The van der Waals surface area contributed by atoms with E-state index in [2.05, 4.69) is 20.6 Å². The van der Waals surface area contributed by atoms with Gasteiger partial charge in [0.2, 0.25) is 5.95 Å². The van der Waals surface area contributed by atoms with Crippen LogP contribution in [0.4, 0.5) is 21.8 Å². The number of carbonyl (C=O) groups excluding carboxylic acids is 1. The van der Waals surface area contributed by atoms with E-state index in [1.165, 1.54) is 0 Å². The number of nitrogens with zero attached hydrogens (tertiary/aromatic N) is 4. The maximum Gasteiger partial charge on any atom is 0.264 e. The topological polar surface area (TPSA) is 93.9 Å². The Morgan fingerprint density at radius 2 is 2.07 bits per heavy atom. The van der Waals surface area contributed by atoms with Gasteiger partial charge in [-0.3, -0.25) is 4.79 Å². The number of hydrogen-bond donors (Lipinski definition) is 2. The molecule has 0 spiro atoms. The molecule has 1 aliphatic heterocycles. The number of anilines is 3. The molecule has 8 heteroatoms. The Labute approximate surface area is 174 Å². The SMILES string of the molecule is N#C/C(=C\C1CC1)C(=O)N1CCCC(Nc2nc(Nc3ccccc3)ncc2F)C1. The minimum absolute atomic E-state index is 0.0942. The number of halogens is 1. The molecule has 2 fully saturated rings. The number of benzene rings is 1. The number of allylic oxidation sites excluding steroid dienone is 1. The largest absolute Gasteiger partial charge is 0.363 e. The van der Waals surface area contributed by atoms with Crippen molar-refractivity contribution in [3.63, 3.8) is 0 Å². The second-order valence-corrected chi connectivity index (χ2v) is 7.65. The van der Waals surface area contributed by atoms with Crippen LogP contribution in [0.3, 0.4) is 0 Å². The monoisotopic (exact) mass is 406 g/mol. The maximum absolute atomic E-state index is 14.3. The van der Waals surface area contributed by atoms with E-state index in [4.69, 9.17) is 0 Å². The fraction of sp³-hybridized carbons (Fsp3) is 0.364. The summed E-state index contributed by atoms with van der Waals surface area (Å²) in [5.41, 5.74) is 1.01. The molecule has 1 saturated carbocycles. The highest BCUT2D eigenvalue weighted by molar-refractivity contribution is 5.97. The van der Waals surface area contributed by atoms with Gasteiger partial charge in [0.05, 0.1) is 6.20 Å². The minimum Gasteiger partial charge on any atom is -0.363 e. The first-order valence-electron chi connectivity index (χ1n) is 10.1. The lowest BCUT2D eigenvalue weighted by Gasteiger charge is -2.33. The molecule has 154 valence electrons. The lowest BCUT2D eigenvalue weighted by molar-refractivity contribution is -0.127. The lowest BCUT2D eigenvalue weighted by Crippen LogP contribution is -2.45. The van der Waals surface area contributed by atoms with Gasteiger partial charge in [-0.15, -0.1) is 0 Å². The molecule has 2 aliphatic rings. The van der Waals surface area contributed by atoms with Crippen LogP contribution in [0.1, 0.15) is 25.7 Å². The average molecular weight is 406 g/mol. The zero-order valence-corrected chi connectivity index (χ0v) is 16.5. The molecule has 4 rings (SSSR count). The van der Waals surface area contributed by atoms with E-state index >= 15 is 0 Å². The minimum atomic E-state index is -0.552. The molecule has 2 N–H and O–H groups in total. The van der Waals surface area contributed by atoms with Crippen LogP contribution in [0.2, 0.25) is 0 Å². The third-order valence-electron chi connectivity index (χ3n) is 5.20. The summed E-state index contributed by atoms with van der Waals surface area (Å²) >= 11 is 0. The summed E-state index contributed by atoms with van der Waals surface area (Å²) in [6.07, 6.45) is 6.53. The fourth-order valence-corrected chi connectivity index (χ4v) is 3.48. The van der Waals surface area contributed by atoms with Crippen molar-refractivity contribution >= 4 is 23.4 Å². The van der Waals surface area contributed by atoms with Gasteiger partial charge in [-0.05, 0) is 43.7 Å². The zero-order valence-electron chi connectivity index (χ0n) is 16.5. The van der Waals surface area contributed by atoms with Crippen LogP contribution >= 0.6 is 0 Å². The molecule has 2 heterocycles. The average Bonchev–Trinajstić information content (AvgIpc) is 3.59. The molecule has 0 radical (unpaired) electrons. The molecular formula is C22H23FN6O. The van der Waals surface area contributed by atoms with Crippen molar-refractivity contribution in [1.29, 1.82) is 5.26 Å². The van der Waals surface area contributed by atoms with Gasteiger partial charge in [-0.25, -0.2) is 9.37 Å². The number of nitriles is 1. The molecule has 7 nitrogen and oxygen atoms in total. The third kappa shape index (κ3) is 4.92. The van der Waals surface area contributed by atoms with Crippen LogP contribution in [0.15, 0.2) is 48.2 Å². The number of piperidine rings is 1. The molecular weight excluding hydrogens is 383 g/mol. The molecule has 1 aromatic carbocycles. The van der Waals surface area contributed by atoms with E-state index in [1.54, 1.807) is 11.0 Å². The Kier molecular flexibility index (Phi) is 5.89. The van der Waals surface area contributed by atoms with E-state index in [0.717, 1.165) is 37.6 Å². The van der Waals surface area contributed by atoms with Gasteiger partial charge >= 0.3 is 0 Å². The lowest BCUT2D eigenvalue weighted by atomic mass is 10.0. The maximum atomic E-state index is 14.3.